The molecule has 0 aliphatic carbocycles. The number of benzene rings is 1. The third-order valence-corrected chi connectivity index (χ3v) is 7.59. The van der Waals surface area contributed by atoms with Crippen molar-refractivity contribution in [3.05, 3.63) is 59.0 Å². The van der Waals surface area contributed by atoms with E-state index in [1.165, 1.54) is 39.8 Å². The van der Waals surface area contributed by atoms with E-state index in [4.69, 9.17) is 4.98 Å². The van der Waals surface area contributed by atoms with E-state index in [1.807, 2.05) is 11.7 Å². The average molecular weight is 450 g/mol. The lowest BCUT2D eigenvalue weighted by Crippen LogP contribution is -2.29. The summed E-state index contributed by atoms with van der Waals surface area (Å²) in [6, 6.07) is 9.21. The van der Waals surface area contributed by atoms with Gasteiger partial charge in [0.05, 0.1) is 20.6 Å². The molecule has 1 aromatic carbocycles. The van der Waals surface area contributed by atoms with Crippen LogP contribution in [0.1, 0.15) is 36.7 Å². The van der Waals surface area contributed by atoms with Gasteiger partial charge in [-0.15, -0.1) is 11.3 Å². The lowest BCUT2D eigenvalue weighted by atomic mass is 10.1. The summed E-state index contributed by atoms with van der Waals surface area (Å²) < 4.78 is 1.24. The summed E-state index contributed by atoms with van der Waals surface area (Å²) in [5, 5.41) is 3.37. The smallest absolute Gasteiger partial charge is 0.223 e. The Balaban J connectivity index is 1.33. The zero-order chi connectivity index (χ0) is 21.4. The van der Waals surface area contributed by atoms with Crippen LogP contribution in [0, 0.1) is 0 Å². The van der Waals surface area contributed by atoms with Crippen molar-refractivity contribution in [1.29, 1.82) is 0 Å². The normalized spacial score (nSPS) is 15.4. The third-order valence-electron chi connectivity index (χ3n) is 5.82. The topological polar surface area (TPSA) is 71.0 Å². The summed E-state index contributed by atoms with van der Waals surface area (Å²) in [4.78, 5) is 28.4. The Hall–Kier alpha value is -2.68. The number of nitrogens with one attached hydrogen (secondary N) is 1. The van der Waals surface area contributed by atoms with Gasteiger partial charge in [0.2, 0.25) is 5.91 Å². The van der Waals surface area contributed by atoms with Crippen LogP contribution in [0.15, 0.2) is 42.2 Å². The molecule has 1 amide bonds. The fraction of sp³-hybridized carbons (Fsp3) is 0.304. The number of carbonyl (C=O) groups is 1. The molecule has 4 heterocycles. The number of thiazole rings is 2. The molecule has 1 N–H and O–H groups in total. The van der Waals surface area contributed by atoms with E-state index in [9.17, 15) is 4.79 Å². The summed E-state index contributed by atoms with van der Waals surface area (Å²) in [6.45, 7) is 5.76. The summed E-state index contributed by atoms with van der Waals surface area (Å²) in [5.74, 6) is -0.107. The van der Waals surface area contributed by atoms with Crippen molar-refractivity contribution in [3.63, 3.8) is 0 Å². The first-order valence-corrected chi connectivity index (χ1v) is 12.1. The third kappa shape index (κ3) is 4.23. The second-order valence-electron chi connectivity index (χ2n) is 7.83. The predicted molar refractivity (Wildman–Crippen MR) is 127 cm³/mol. The SMILES string of the molecule is CC(=O)Nc1ncc(-c2cnc3c(c2)CCN([C@H](C)c2ccc4scnc4c2)CC3)s1. The highest BCUT2D eigenvalue weighted by atomic mass is 32.1. The molecular formula is C23H23N5OS2. The van der Waals surface area contributed by atoms with Gasteiger partial charge in [-0.1, -0.05) is 17.4 Å². The monoisotopic (exact) mass is 449 g/mol. The van der Waals surface area contributed by atoms with Gasteiger partial charge in [0.25, 0.3) is 0 Å². The Morgan fingerprint density at radius 2 is 2.00 bits per heavy atom. The molecule has 0 saturated heterocycles. The van der Waals surface area contributed by atoms with Crippen LogP contribution in [0.4, 0.5) is 5.13 Å². The maximum Gasteiger partial charge on any atom is 0.223 e. The zero-order valence-corrected chi connectivity index (χ0v) is 19.1. The van der Waals surface area contributed by atoms with Gasteiger partial charge in [0, 0.05) is 56.1 Å². The maximum atomic E-state index is 11.3. The van der Waals surface area contributed by atoms with Crippen molar-refractivity contribution in [2.24, 2.45) is 0 Å². The lowest BCUT2D eigenvalue weighted by Gasteiger charge is -2.27. The standard InChI is InChI=1S/C23H23N5OS2/c1-14(16-3-4-21-20(10-16)26-13-30-21)28-7-5-17-9-18(11-24-19(17)6-8-28)22-12-25-23(31-22)27-15(2)29/h3-4,9-14H,5-8H2,1-2H3,(H,25,27,29)/t14-/m1/s1. The number of hydrogen-bond acceptors (Lipinski definition) is 7. The second-order valence-corrected chi connectivity index (χ2v) is 9.75. The lowest BCUT2D eigenvalue weighted by molar-refractivity contribution is -0.114. The van der Waals surface area contributed by atoms with E-state index < -0.39 is 0 Å². The quantitative estimate of drug-likeness (QED) is 0.478. The van der Waals surface area contributed by atoms with Crippen LogP contribution in [0.3, 0.4) is 0 Å². The summed E-state index contributed by atoms with van der Waals surface area (Å²) in [5.41, 5.74) is 7.85. The molecule has 8 heteroatoms. The van der Waals surface area contributed by atoms with E-state index in [1.54, 1.807) is 17.5 Å². The number of anilines is 1. The minimum atomic E-state index is -0.107. The van der Waals surface area contributed by atoms with Crippen LogP contribution in [-0.2, 0) is 17.6 Å². The summed E-state index contributed by atoms with van der Waals surface area (Å²) in [7, 11) is 0. The van der Waals surface area contributed by atoms with Gasteiger partial charge in [0.15, 0.2) is 5.13 Å². The van der Waals surface area contributed by atoms with Gasteiger partial charge >= 0.3 is 0 Å². The number of hydrogen-bond donors (Lipinski definition) is 1. The molecular weight excluding hydrogens is 426 g/mol. The number of nitrogens with zero attached hydrogens (tertiary/aromatic N) is 4. The van der Waals surface area contributed by atoms with Crippen molar-refractivity contribution >= 4 is 43.9 Å². The van der Waals surface area contributed by atoms with Crippen LogP contribution in [-0.4, -0.2) is 38.8 Å². The van der Waals surface area contributed by atoms with Crippen LogP contribution < -0.4 is 5.32 Å². The van der Waals surface area contributed by atoms with Gasteiger partial charge in [-0.3, -0.25) is 14.7 Å². The molecule has 0 spiro atoms. The molecule has 1 aliphatic rings. The largest absolute Gasteiger partial charge is 0.302 e. The molecule has 0 saturated carbocycles. The van der Waals surface area contributed by atoms with Crippen molar-refractivity contribution < 1.29 is 4.79 Å². The highest BCUT2D eigenvalue weighted by molar-refractivity contribution is 7.19. The van der Waals surface area contributed by atoms with Crippen LogP contribution in [0.5, 0.6) is 0 Å². The van der Waals surface area contributed by atoms with Gasteiger partial charge in [-0.05, 0) is 42.7 Å². The number of pyridine rings is 1. The minimum absolute atomic E-state index is 0.107. The first-order valence-electron chi connectivity index (χ1n) is 10.4. The van der Waals surface area contributed by atoms with Crippen molar-refractivity contribution in [2.75, 3.05) is 18.4 Å². The molecule has 0 fully saturated rings. The minimum Gasteiger partial charge on any atom is -0.302 e. The van der Waals surface area contributed by atoms with Crippen LogP contribution in [0.2, 0.25) is 0 Å². The van der Waals surface area contributed by atoms with Crippen molar-refractivity contribution in [2.45, 2.75) is 32.7 Å². The number of fused-ring (bicyclic) bond motifs is 2. The molecule has 6 nitrogen and oxygen atoms in total. The zero-order valence-electron chi connectivity index (χ0n) is 17.5. The fourth-order valence-electron chi connectivity index (χ4n) is 4.09. The highest BCUT2D eigenvalue weighted by Gasteiger charge is 2.21. The summed E-state index contributed by atoms with van der Waals surface area (Å²) >= 11 is 3.16. The molecule has 158 valence electrons. The van der Waals surface area contributed by atoms with Gasteiger partial charge in [-0.25, -0.2) is 9.97 Å². The molecule has 1 atom stereocenters. The number of rotatable bonds is 4. The molecule has 0 unspecified atom stereocenters. The second kappa shape index (κ2) is 8.45. The first-order chi connectivity index (χ1) is 15.1. The van der Waals surface area contributed by atoms with Crippen LogP contribution in [0.25, 0.3) is 20.7 Å². The Morgan fingerprint density at radius 1 is 1.13 bits per heavy atom. The number of amides is 1. The Morgan fingerprint density at radius 3 is 2.87 bits per heavy atom. The maximum absolute atomic E-state index is 11.3. The van der Waals surface area contributed by atoms with Gasteiger partial charge in [-0.2, -0.15) is 0 Å². The van der Waals surface area contributed by atoms with Gasteiger partial charge in [0.1, 0.15) is 0 Å². The van der Waals surface area contributed by atoms with Crippen molar-refractivity contribution in [1.82, 2.24) is 19.9 Å². The van der Waals surface area contributed by atoms with Crippen LogP contribution >= 0.6 is 22.7 Å². The fourth-order valence-corrected chi connectivity index (χ4v) is 5.59. The Labute approximate surface area is 189 Å². The molecule has 4 aromatic rings. The molecule has 5 rings (SSSR count). The molecule has 0 bridgehead atoms. The summed E-state index contributed by atoms with van der Waals surface area (Å²) in [6.07, 6.45) is 5.65. The average Bonchev–Trinajstić information content (AvgIpc) is 3.37. The molecule has 3 aromatic heterocycles. The van der Waals surface area contributed by atoms with E-state index >= 15 is 0 Å². The molecule has 0 radical (unpaired) electrons. The number of aromatic nitrogens is 3. The van der Waals surface area contributed by atoms with Gasteiger partial charge < -0.3 is 5.32 Å². The van der Waals surface area contributed by atoms with E-state index in [0.717, 1.165) is 41.9 Å². The number of carbonyl (C=O) groups excluding carboxylic acids is 1. The Bertz CT molecular complexity index is 1250. The van der Waals surface area contributed by atoms with E-state index in [-0.39, 0.29) is 5.91 Å². The molecule has 1 aliphatic heterocycles. The van der Waals surface area contributed by atoms with E-state index in [2.05, 4.69) is 51.4 Å². The Kier molecular flexibility index (Phi) is 5.52. The predicted octanol–water partition coefficient (Wildman–Crippen LogP) is 4.94. The first kappa shape index (κ1) is 20.2. The highest BCUT2D eigenvalue weighted by Crippen LogP contribution is 2.32. The van der Waals surface area contributed by atoms with E-state index in [0.29, 0.717) is 11.2 Å². The van der Waals surface area contributed by atoms with Crippen molar-refractivity contribution in [3.8, 4) is 10.4 Å². The molecule has 31 heavy (non-hydrogen) atoms.